The molecule has 14 aromatic rings. The number of hydrogen-bond acceptors (Lipinski definition) is 1. The predicted molar refractivity (Wildman–Crippen MR) is 272 cm³/mol. The fraction of sp³-hybridized carbons (Fsp3) is 0. The monoisotopic (exact) mass is 795 g/mol. The summed E-state index contributed by atoms with van der Waals surface area (Å²) in [5, 5.41) is 23.0. The molecule has 0 bridgehead atoms. The highest BCUT2D eigenvalue weighted by atomic mass is 15.1. The molecule has 1 nitrogen and oxygen atoms in total. The Hall–Kier alpha value is -8.26. The molecule has 14 aromatic carbocycles. The second-order valence-corrected chi connectivity index (χ2v) is 17.1. The lowest BCUT2D eigenvalue weighted by atomic mass is 9.86. The summed E-state index contributed by atoms with van der Waals surface area (Å²) in [6.45, 7) is 0. The van der Waals surface area contributed by atoms with E-state index in [1.54, 1.807) is 0 Å². The first-order chi connectivity index (χ1) is 31.3. The van der Waals surface area contributed by atoms with E-state index >= 15 is 0 Å². The van der Waals surface area contributed by atoms with Gasteiger partial charge in [0.05, 0.1) is 5.69 Å². The Morgan fingerprint density at radius 2 is 0.651 bits per heavy atom. The molecule has 0 saturated heterocycles. The molecule has 0 unspecified atom stereocenters. The molecule has 0 radical (unpaired) electrons. The summed E-state index contributed by atoms with van der Waals surface area (Å²) in [6, 6.07) is 83.7. The third-order valence-electron chi connectivity index (χ3n) is 13.8. The van der Waals surface area contributed by atoms with Crippen molar-refractivity contribution in [2.24, 2.45) is 0 Å². The van der Waals surface area contributed by atoms with Crippen molar-refractivity contribution in [2.75, 3.05) is 4.90 Å². The average Bonchev–Trinajstić information content (AvgIpc) is 3.86. The van der Waals surface area contributed by atoms with Gasteiger partial charge in [0.15, 0.2) is 0 Å². The average molecular weight is 796 g/mol. The number of hydrogen-bond donors (Lipinski definition) is 0. The highest BCUT2D eigenvalue weighted by Crippen LogP contribution is 2.57. The van der Waals surface area contributed by atoms with Crippen molar-refractivity contribution in [3.8, 4) is 22.3 Å². The summed E-state index contributed by atoms with van der Waals surface area (Å²) in [5.41, 5.74) is 8.51. The van der Waals surface area contributed by atoms with Crippen molar-refractivity contribution in [3.05, 3.63) is 224 Å². The Bertz CT molecular complexity index is 3980. The maximum Gasteiger partial charge on any atom is 0.0540 e. The summed E-state index contributed by atoms with van der Waals surface area (Å²) < 4.78 is 0. The molecule has 0 heterocycles. The summed E-state index contributed by atoms with van der Waals surface area (Å²) in [7, 11) is 0. The first kappa shape index (κ1) is 34.5. The molecule has 290 valence electrons. The Morgan fingerprint density at radius 1 is 0.222 bits per heavy atom. The largest absolute Gasteiger partial charge is 0.310 e. The SMILES string of the molecule is c1ccc(N(c2ccc3ccccc3c2)c2ccc3c4c(-c5ccc6ccccc6c5)c5c6cccc7cccc(c5c(-c5ccc8ccccc8c5)c4c4cccc2c43)c76)cc1. The van der Waals surface area contributed by atoms with Crippen molar-refractivity contribution in [3.63, 3.8) is 0 Å². The molecule has 0 atom stereocenters. The van der Waals surface area contributed by atoms with Gasteiger partial charge in [0.1, 0.15) is 0 Å². The number of para-hydroxylation sites is 1. The maximum absolute atomic E-state index is 2.45. The van der Waals surface area contributed by atoms with Crippen LogP contribution in [0.15, 0.2) is 224 Å². The third kappa shape index (κ3) is 4.93. The smallest absolute Gasteiger partial charge is 0.0540 e. The van der Waals surface area contributed by atoms with Crippen LogP contribution in [0.5, 0.6) is 0 Å². The standard InChI is InChI=1S/C62H37N/c1-2-21-47(22-3-1)63(48-32-31-40-15-6-9-18-44(40)37-48)54-34-33-53-58-49(54)23-12-26-52(58)61-56(45-29-27-38-13-4-7-16-42(38)35-45)59-50-24-10-19-41-20-11-25-51(55(41)50)60(59)57(62(53)61)46-30-28-39-14-5-8-17-43(39)36-46/h1-37H. The Balaban J connectivity index is 1.19. The van der Waals surface area contributed by atoms with Crippen LogP contribution >= 0.6 is 0 Å². The minimum atomic E-state index is 1.13. The molecule has 0 saturated carbocycles. The number of benzene rings is 12. The van der Waals surface area contributed by atoms with Crippen LogP contribution in [0.3, 0.4) is 0 Å². The van der Waals surface area contributed by atoms with Gasteiger partial charge in [-0.25, -0.2) is 0 Å². The summed E-state index contributed by atoms with van der Waals surface area (Å²) >= 11 is 0. The number of nitrogens with zero attached hydrogens (tertiary/aromatic N) is 1. The second-order valence-electron chi connectivity index (χ2n) is 17.1. The van der Waals surface area contributed by atoms with Gasteiger partial charge in [-0.1, -0.05) is 182 Å². The summed E-state index contributed by atoms with van der Waals surface area (Å²) in [6.07, 6.45) is 0. The van der Waals surface area contributed by atoms with Crippen LogP contribution in [0.4, 0.5) is 17.1 Å². The first-order valence-electron chi connectivity index (χ1n) is 21.9. The lowest BCUT2D eigenvalue weighted by Crippen LogP contribution is -2.10. The van der Waals surface area contributed by atoms with E-state index in [-0.39, 0.29) is 0 Å². The van der Waals surface area contributed by atoms with Gasteiger partial charge in [-0.2, -0.15) is 0 Å². The van der Waals surface area contributed by atoms with E-state index in [4.69, 9.17) is 0 Å². The van der Waals surface area contributed by atoms with E-state index in [1.165, 1.54) is 119 Å². The van der Waals surface area contributed by atoms with Crippen molar-refractivity contribution < 1.29 is 0 Å². The lowest BCUT2D eigenvalue weighted by Gasteiger charge is -2.27. The third-order valence-corrected chi connectivity index (χ3v) is 13.8. The van der Waals surface area contributed by atoms with Crippen LogP contribution in [0.2, 0.25) is 0 Å². The van der Waals surface area contributed by atoms with Gasteiger partial charge in [-0.15, -0.1) is 0 Å². The van der Waals surface area contributed by atoms with E-state index in [1.807, 2.05) is 0 Å². The number of anilines is 3. The molecule has 0 aromatic heterocycles. The van der Waals surface area contributed by atoms with Crippen molar-refractivity contribution in [1.82, 2.24) is 0 Å². The van der Waals surface area contributed by atoms with Crippen molar-refractivity contribution in [2.45, 2.75) is 0 Å². The molecule has 0 aliphatic carbocycles. The molecule has 0 amide bonds. The van der Waals surface area contributed by atoms with Gasteiger partial charge in [0.2, 0.25) is 0 Å². The predicted octanol–water partition coefficient (Wildman–Crippen LogP) is 17.7. The maximum atomic E-state index is 2.45. The highest BCUT2D eigenvalue weighted by molar-refractivity contribution is 6.47. The molecular formula is C62H37N. The van der Waals surface area contributed by atoms with Gasteiger partial charge in [0.25, 0.3) is 0 Å². The van der Waals surface area contributed by atoms with E-state index in [9.17, 15) is 0 Å². The highest BCUT2D eigenvalue weighted by Gasteiger charge is 2.29. The molecule has 14 rings (SSSR count). The van der Waals surface area contributed by atoms with Crippen LogP contribution in [0.1, 0.15) is 0 Å². The zero-order valence-corrected chi connectivity index (χ0v) is 34.3. The Labute approximate surface area is 364 Å². The molecular weight excluding hydrogens is 759 g/mol. The number of rotatable bonds is 5. The van der Waals surface area contributed by atoms with Crippen LogP contribution in [0, 0.1) is 0 Å². The van der Waals surface area contributed by atoms with Crippen LogP contribution in [0.25, 0.3) is 119 Å². The molecule has 63 heavy (non-hydrogen) atoms. The van der Waals surface area contributed by atoms with E-state index in [0.29, 0.717) is 0 Å². The normalized spacial score (nSPS) is 12.1. The topological polar surface area (TPSA) is 3.24 Å². The first-order valence-corrected chi connectivity index (χ1v) is 21.9. The molecule has 0 spiro atoms. The zero-order valence-electron chi connectivity index (χ0n) is 34.3. The lowest BCUT2D eigenvalue weighted by molar-refractivity contribution is 1.31. The molecule has 0 N–H and O–H groups in total. The number of fused-ring (bicyclic) bond motifs is 9. The van der Waals surface area contributed by atoms with Crippen LogP contribution in [-0.2, 0) is 0 Å². The van der Waals surface area contributed by atoms with Crippen LogP contribution < -0.4 is 4.90 Å². The van der Waals surface area contributed by atoms with Gasteiger partial charge in [-0.3, -0.25) is 0 Å². The van der Waals surface area contributed by atoms with Crippen molar-refractivity contribution in [1.29, 1.82) is 0 Å². The molecule has 0 fully saturated rings. The van der Waals surface area contributed by atoms with E-state index in [0.717, 1.165) is 17.1 Å². The zero-order chi connectivity index (χ0) is 41.2. The van der Waals surface area contributed by atoms with Gasteiger partial charge >= 0.3 is 0 Å². The van der Waals surface area contributed by atoms with Crippen molar-refractivity contribution >= 4 is 114 Å². The van der Waals surface area contributed by atoms with Gasteiger partial charge in [-0.05, 0) is 156 Å². The fourth-order valence-corrected chi connectivity index (χ4v) is 11.2. The van der Waals surface area contributed by atoms with Gasteiger partial charge in [0, 0.05) is 16.8 Å². The molecule has 0 aliphatic rings. The van der Waals surface area contributed by atoms with E-state index in [2.05, 4.69) is 229 Å². The quantitative estimate of drug-likeness (QED) is 0.168. The second kappa shape index (κ2) is 13.1. The Morgan fingerprint density at radius 3 is 1.22 bits per heavy atom. The fourth-order valence-electron chi connectivity index (χ4n) is 11.2. The van der Waals surface area contributed by atoms with Crippen LogP contribution in [-0.4, -0.2) is 0 Å². The summed E-state index contributed by atoms with van der Waals surface area (Å²) in [5.74, 6) is 0. The molecule has 0 aliphatic heterocycles. The minimum Gasteiger partial charge on any atom is -0.310 e. The Kier molecular flexibility index (Phi) is 7.17. The van der Waals surface area contributed by atoms with E-state index < -0.39 is 0 Å². The van der Waals surface area contributed by atoms with Gasteiger partial charge < -0.3 is 4.90 Å². The molecule has 1 heteroatoms. The summed E-state index contributed by atoms with van der Waals surface area (Å²) in [4.78, 5) is 2.45. The minimum absolute atomic E-state index is 1.13.